The summed E-state index contributed by atoms with van der Waals surface area (Å²) in [5, 5.41) is 16.4. The number of nitrogen functional groups attached to an aromatic ring is 1. The van der Waals surface area contributed by atoms with E-state index < -0.39 is 5.60 Å². The molecule has 0 saturated heterocycles. The van der Waals surface area contributed by atoms with Gasteiger partial charge < -0.3 is 16.2 Å². The highest BCUT2D eigenvalue weighted by Gasteiger charge is 2.20. The van der Waals surface area contributed by atoms with E-state index in [0.29, 0.717) is 11.4 Å². The molecule has 0 aromatic carbocycles. The molecule has 1 unspecified atom stereocenters. The van der Waals surface area contributed by atoms with Crippen LogP contribution in [0.5, 0.6) is 0 Å². The predicted molar refractivity (Wildman–Crippen MR) is 68.7 cm³/mol. The molecule has 0 aliphatic rings. The molecular formula is C10H18N4O2S. The van der Waals surface area contributed by atoms with Gasteiger partial charge in [-0.1, -0.05) is 0 Å². The number of nitrogens with zero attached hydrogens (tertiary/aromatic N) is 2. The number of aromatic nitrogens is 2. The molecular weight excluding hydrogens is 240 g/mol. The van der Waals surface area contributed by atoms with Crippen molar-refractivity contribution < 1.29 is 9.90 Å². The minimum absolute atomic E-state index is 0.104. The minimum Gasteiger partial charge on any atom is -0.396 e. The Hall–Kier alpha value is -1.21. The van der Waals surface area contributed by atoms with Crippen LogP contribution >= 0.6 is 11.8 Å². The molecule has 1 amide bonds. The zero-order chi connectivity index (χ0) is 12.9. The smallest absolute Gasteiger partial charge is 0.241 e. The standard InChI is InChI=1S/C10H18N4O2S/c1-10(16,7-17-2)6-12-9(15)5-14-4-8(11)3-13-14/h3-4,16H,5-7,11H2,1-2H3,(H,12,15). The van der Waals surface area contributed by atoms with Crippen molar-refractivity contribution in [3.63, 3.8) is 0 Å². The highest BCUT2D eigenvalue weighted by Crippen LogP contribution is 2.08. The van der Waals surface area contributed by atoms with Crippen molar-refractivity contribution in [1.29, 1.82) is 0 Å². The number of carbonyl (C=O) groups is 1. The molecule has 96 valence electrons. The largest absolute Gasteiger partial charge is 0.396 e. The fourth-order valence-electron chi connectivity index (χ4n) is 1.32. The second kappa shape index (κ2) is 5.92. The summed E-state index contributed by atoms with van der Waals surface area (Å²) in [6.45, 7) is 2.02. The topological polar surface area (TPSA) is 93.2 Å². The van der Waals surface area contributed by atoms with E-state index in [1.165, 1.54) is 22.6 Å². The molecule has 6 nitrogen and oxygen atoms in total. The first-order chi connectivity index (χ1) is 7.93. The van der Waals surface area contributed by atoms with E-state index in [4.69, 9.17) is 5.73 Å². The molecule has 0 fully saturated rings. The van der Waals surface area contributed by atoms with Crippen molar-refractivity contribution in [2.45, 2.75) is 19.1 Å². The maximum Gasteiger partial charge on any atom is 0.241 e. The highest BCUT2D eigenvalue weighted by atomic mass is 32.2. The van der Waals surface area contributed by atoms with Gasteiger partial charge in [-0.05, 0) is 13.2 Å². The summed E-state index contributed by atoms with van der Waals surface area (Å²) in [7, 11) is 0. The van der Waals surface area contributed by atoms with Crippen molar-refractivity contribution in [2.75, 3.05) is 24.3 Å². The third-order valence-electron chi connectivity index (χ3n) is 2.08. The Labute approximate surface area is 105 Å². The Morgan fingerprint density at radius 1 is 1.76 bits per heavy atom. The average molecular weight is 258 g/mol. The molecule has 0 saturated carbocycles. The molecule has 4 N–H and O–H groups in total. The van der Waals surface area contributed by atoms with E-state index in [0.717, 1.165) is 0 Å². The molecule has 17 heavy (non-hydrogen) atoms. The van der Waals surface area contributed by atoms with Crippen LogP contribution in [0.1, 0.15) is 6.92 Å². The highest BCUT2D eigenvalue weighted by molar-refractivity contribution is 7.98. The number of anilines is 1. The Morgan fingerprint density at radius 2 is 2.47 bits per heavy atom. The van der Waals surface area contributed by atoms with Crippen molar-refractivity contribution in [2.24, 2.45) is 0 Å². The van der Waals surface area contributed by atoms with Gasteiger partial charge in [-0.2, -0.15) is 16.9 Å². The van der Waals surface area contributed by atoms with Crippen LogP contribution in [0.15, 0.2) is 12.4 Å². The number of hydrogen-bond donors (Lipinski definition) is 3. The van der Waals surface area contributed by atoms with Gasteiger partial charge in [0.2, 0.25) is 5.91 Å². The monoisotopic (exact) mass is 258 g/mol. The van der Waals surface area contributed by atoms with Crippen molar-refractivity contribution in [3.8, 4) is 0 Å². The molecule has 7 heteroatoms. The van der Waals surface area contributed by atoms with Gasteiger partial charge in [0.05, 0.1) is 17.5 Å². The van der Waals surface area contributed by atoms with Gasteiger partial charge in [-0.25, -0.2) is 0 Å². The lowest BCUT2D eigenvalue weighted by Gasteiger charge is -2.22. The lowest BCUT2D eigenvalue weighted by atomic mass is 10.1. The zero-order valence-corrected chi connectivity index (χ0v) is 10.8. The minimum atomic E-state index is -0.891. The summed E-state index contributed by atoms with van der Waals surface area (Å²) in [4.78, 5) is 11.5. The maximum atomic E-state index is 11.5. The van der Waals surface area contributed by atoms with Crippen LogP contribution in [-0.2, 0) is 11.3 Å². The number of amides is 1. The van der Waals surface area contributed by atoms with Gasteiger partial charge in [0, 0.05) is 18.5 Å². The van der Waals surface area contributed by atoms with Gasteiger partial charge in [0.1, 0.15) is 6.54 Å². The molecule has 0 spiro atoms. The summed E-state index contributed by atoms with van der Waals surface area (Å²) in [6.07, 6.45) is 4.97. The van der Waals surface area contributed by atoms with Crippen molar-refractivity contribution >= 4 is 23.4 Å². The first kappa shape index (κ1) is 13.9. The van der Waals surface area contributed by atoms with E-state index in [9.17, 15) is 9.90 Å². The summed E-state index contributed by atoms with van der Waals surface area (Å²) >= 11 is 1.53. The van der Waals surface area contributed by atoms with Gasteiger partial charge in [0.25, 0.3) is 0 Å². The Morgan fingerprint density at radius 3 is 3.00 bits per heavy atom. The molecule has 0 radical (unpaired) electrons. The second-order valence-electron chi connectivity index (χ2n) is 4.18. The third kappa shape index (κ3) is 5.10. The summed E-state index contributed by atoms with van der Waals surface area (Å²) in [5.74, 6) is 0.372. The van der Waals surface area contributed by atoms with E-state index in [1.807, 2.05) is 6.26 Å². The second-order valence-corrected chi connectivity index (χ2v) is 5.04. The third-order valence-corrected chi connectivity index (χ3v) is 2.99. The van der Waals surface area contributed by atoms with Crippen molar-refractivity contribution in [3.05, 3.63) is 12.4 Å². The van der Waals surface area contributed by atoms with E-state index in [1.54, 1.807) is 13.1 Å². The molecule has 1 rings (SSSR count). The number of nitrogens with one attached hydrogen (secondary N) is 1. The summed E-state index contributed by atoms with van der Waals surface area (Å²) in [6, 6.07) is 0. The van der Waals surface area contributed by atoms with Crippen LogP contribution in [0, 0.1) is 0 Å². The molecule has 1 aromatic heterocycles. The normalized spacial score (nSPS) is 14.3. The summed E-state index contributed by atoms with van der Waals surface area (Å²) in [5.41, 5.74) is 5.11. The van der Waals surface area contributed by atoms with E-state index in [-0.39, 0.29) is 19.0 Å². The van der Waals surface area contributed by atoms with Gasteiger partial charge in [0.15, 0.2) is 0 Å². The van der Waals surface area contributed by atoms with E-state index in [2.05, 4.69) is 10.4 Å². The van der Waals surface area contributed by atoms with Crippen LogP contribution in [0.4, 0.5) is 5.69 Å². The number of thioether (sulfide) groups is 1. The molecule has 1 aromatic rings. The molecule has 0 aliphatic heterocycles. The molecule has 0 aliphatic carbocycles. The Balaban J connectivity index is 2.35. The predicted octanol–water partition coefficient (Wildman–Crippen LogP) is -0.305. The van der Waals surface area contributed by atoms with Crippen LogP contribution in [-0.4, -0.2) is 44.9 Å². The number of aliphatic hydroxyl groups is 1. The maximum absolute atomic E-state index is 11.5. The number of nitrogens with two attached hydrogens (primary N) is 1. The number of hydrogen-bond acceptors (Lipinski definition) is 5. The first-order valence-electron chi connectivity index (χ1n) is 5.19. The lowest BCUT2D eigenvalue weighted by molar-refractivity contribution is -0.122. The fourth-order valence-corrected chi connectivity index (χ4v) is 2.04. The Bertz CT molecular complexity index is 378. The van der Waals surface area contributed by atoms with Crippen LogP contribution in [0.25, 0.3) is 0 Å². The first-order valence-corrected chi connectivity index (χ1v) is 6.58. The summed E-state index contributed by atoms with van der Waals surface area (Å²) < 4.78 is 1.45. The fraction of sp³-hybridized carbons (Fsp3) is 0.600. The Kier molecular flexibility index (Phi) is 4.83. The van der Waals surface area contributed by atoms with Crippen LogP contribution in [0.3, 0.4) is 0 Å². The van der Waals surface area contributed by atoms with E-state index >= 15 is 0 Å². The van der Waals surface area contributed by atoms with Crippen LogP contribution < -0.4 is 11.1 Å². The van der Waals surface area contributed by atoms with Gasteiger partial charge >= 0.3 is 0 Å². The quantitative estimate of drug-likeness (QED) is 0.651. The SMILES string of the molecule is CSCC(C)(O)CNC(=O)Cn1cc(N)cn1. The molecule has 1 heterocycles. The van der Waals surface area contributed by atoms with Crippen molar-refractivity contribution in [1.82, 2.24) is 15.1 Å². The van der Waals surface area contributed by atoms with Gasteiger partial charge in [-0.3, -0.25) is 9.48 Å². The zero-order valence-electron chi connectivity index (χ0n) is 10.0. The van der Waals surface area contributed by atoms with Crippen LogP contribution in [0.2, 0.25) is 0 Å². The molecule has 1 atom stereocenters. The van der Waals surface area contributed by atoms with Gasteiger partial charge in [-0.15, -0.1) is 0 Å². The average Bonchev–Trinajstić information content (AvgIpc) is 2.61. The lowest BCUT2D eigenvalue weighted by Crippen LogP contribution is -2.43. The molecule has 0 bridgehead atoms. The number of carbonyl (C=O) groups excluding carboxylic acids is 1. The number of rotatable bonds is 6.